The summed E-state index contributed by atoms with van der Waals surface area (Å²) in [6.45, 7) is 3.63. The number of hydrogen-bond acceptors (Lipinski definition) is 3. The summed E-state index contributed by atoms with van der Waals surface area (Å²) in [5, 5.41) is 6.20. The number of nitrogens with one attached hydrogen (secondary N) is 2. The summed E-state index contributed by atoms with van der Waals surface area (Å²) in [7, 11) is 0. The number of amides is 2. The molecule has 2 aliphatic heterocycles. The number of benzene rings is 2. The Morgan fingerprint density at radius 3 is 2.47 bits per heavy atom. The van der Waals surface area contributed by atoms with Gasteiger partial charge in [-0.05, 0) is 56.7 Å². The molecule has 2 bridgehead atoms. The van der Waals surface area contributed by atoms with E-state index in [2.05, 4.69) is 45.9 Å². The van der Waals surface area contributed by atoms with Gasteiger partial charge in [0, 0.05) is 24.7 Å². The van der Waals surface area contributed by atoms with E-state index in [4.69, 9.17) is 4.74 Å². The number of ether oxygens (including phenoxy) is 1. The Morgan fingerprint density at radius 2 is 1.73 bits per heavy atom. The fourth-order valence-corrected chi connectivity index (χ4v) is 5.06. The van der Waals surface area contributed by atoms with Crippen LogP contribution in [0.4, 0.5) is 10.5 Å². The predicted octanol–water partition coefficient (Wildman–Crippen LogP) is 4.84. The quantitative estimate of drug-likeness (QED) is 0.691. The lowest BCUT2D eigenvalue weighted by Crippen LogP contribution is -2.57. The van der Waals surface area contributed by atoms with Crippen molar-refractivity contribution in [2.45, 2.75) is 63.6 Å². The van der Waals surface area contributed by atoms with Crippen LogP contribution in [0.1, 0.15) is 44.6 Å². The van der Waals surface area contributed by atoms with Crippen LogP contribution in [-0.4, -0.2) is 42.2 Å². The maximum atomic E-state index is 12.7. The van der Waals surface area contributed by atoms with Crippen LogP contribution in [0, 0.1) is 0 Å². The number of hydrogen-bond donors (Lipinski definition) is 2. The molecule has 2 aromatic rings. The fraction of sp³-hybridized carbons (Fsp3) is 0.480. The van der Waals surface area contributed by atoms with Gasteiger partial charge in [-0.2, -0.15) is 0 Å². The number of fused-ring (bicyclic) bond motifs is 2. The third-order valence-electron chi connectivity index (χ3n) is 6.40. The van der Waals surface area contributed by atoms with Crippen molar-refractivity contribution >= 4 is 11.7 Å². The Balaban J connectivity index is 1.32. The summed E-state index contributed by atoms with van der Waals surface area (Å²) >= 11 is 0. The number of anilines is 1. The highest BCUT2D eigenvalue weighted by molar-refractivity contribution is 5.91. The molecular weight excluding hydrogens is 374 g/mol. The van der Waals surface area contributed by atoms with Crippen molar-refractivity contribution in [1.29, 1.82) is 0 Å². The number of rotatable bonds is 7. The minimum Gasteiger partial charge on any atom is -0.492 e. The van der Waals surface area contributed by atoms with Gasteiger partial charge in [0.05, 0.1) is 12.3 Å². The molecule has 5 heteroatoms. The third kappa shape index (κ3) is 5.14. The lowest BCUT2D eigenvalue weighted by atomic mass is 9.81. The van der Waals surface area contributed by atoms with E-state index in [-0.39, 0.29) is 12.1 Å². The number of urea groups is 1. The van der Waals surface area contributed by atoms with Gasteiger partial charge in [-0.15, -0.1) is 0 Å². The number of carbonyl (C=O) groups is 1. The van der Waals surface area contributed by atoms with Crippen molar-refractivity contribution in [3.8, 4) is 5.75 Å². The molecule has 2 aliphatic rings. The first-order valence-corrected chi connectivity index (χ1v) is 11.3. The van der Waals surface area contributed by atoms with Gasteiger partial charge in [-0.25, -0.2) is 4.79 Å². The maximum absolute atomic E-state index is 12.7. The molecule has 2 unspecified atom stereocenters. The average molecular weight is 408 g/mol. The van der Waals surface area contributed by atoms with Crippen LogP contribution in [0.15, 0.2) is 54.6 Å². The van der Waals surface area contributed by atoms with E-state index in [1.807, 2.05) is 31.2 Å². The summed E-state index contributed by atoms with van der Waals surface area (Å²) in [6.07, 6.45) is 6.94. The third-order valence-corrected chi connectivity index (χ3v) is 6.40. The van der Waals surface area contributed by atoms with Gasteiger partial charge in [0.2, 0.25) is 0 Å². The van der Waals surface area contributed by atoms with E-state index in [9.17, 15) is 4.79 Å². The monoisotopic (exact) mass is 407 g/mol. The zero-order chi connectivity index (χ0) is 20.8. The second-order valence-corrected chi connectivity index (χ2v) is 8.41. The lowest BCUT2D eigenvalue weighted by Gasteiger charge is -2.49. The fourth-order valence-electron chi connectivity index (χ4n) is 5.06. The van der Waals surface area contributed by atoms with Crippen molar-refractivity contribution in [1.82, 2.24) is 10.2 Å². The van der Waals surface area contributed by atoms with Crippen LogP contribution in [0.5, 0.6) is 5.75 Å². The summed E-state index contributed by atoms with van der Waals surface area (Å²) in [5.41, 5.74) is 2.13. The molecule has 2 N–H and O–H groups in total. The van der Waals surface area contributed by atoms with E-state index >= 15 is 0 Å². The van der Waals surface area contributed by atoms with E-state index in [1.165, 1.54) is 24.8 Å². The van der Waals surface area contributed by atoms with Crippen molar-refractivity contribution < 1.29 is 9.53 Å². The first kappa shape index (κ1) is 20.7. The summed E-state index contributed by atoms with van der Waals surface area (Å²) < 4.78 is 5.62. The standard InChI is InChI=1S/C25H33N3O2/c1-2-30-24-14-7-6-13-23(24)27-25(29)26-20-17-21-11-8-12-22(18-20)28(21)16-15-19-9-4-3-5-10-19/h3-7,9-10,13-14,20-22H,2,8,11-12,15-18H2,1H3,(H2,26,27,29). The molecule has 2 aromatic carbocycles. The first-order valence-electron chi connectivity index (χ1n) is 11.3. The Bertz CT molecular complexity index is 812. The molecule has 2 atom stereocenters. The van der Waals surface area contributed by atoms with Gasteiger partial charge in [0.15, 0.2) is 0 Å². The summed E-state index contributed by atoms with van der Waals surface area (Å²) in [4.78, 5) is 15.4. The van der Waals surface area contributed by atoms with Gasteiger partial charge < -0.3 is 15.4 Å². The second-order valence-electron chi connectivity index (χ2n) is 8.41. The Kier molecular flexibility index (Phi) is 6.90. The molecule has 0 aliphatic carbocycles. The van der Waals surface area contributed by atoms with Gasteiger partial charge in [-0.3, -0.25) is 4.90 Å². The normalized spacial score (nSPS) is 23.6. The van der Waals surface area contributed by atoms with Crippen LogP contribution in [-0.2, 0) is 6.42 Å². The topological polar surface area (TPSA) is 53.6 Å². The molecule has 5 nitrogen and oxygen atoms in total. The van der Waals surface area contributed by atoms with Crippen LogP contribution < -0.4 is 15.4 Å². The number of para-hydroxylation sites is 2. The Hall–Kier alpha value is -2.53. The molecule has 2 heterocycles. The molecule has 160 valence electrons. The summed E-state index contributed by atoms with van der Waals surface area (Å²) in [6, 6.07) is 19.6. The minimum absolute atomic E-state index is 0.136. The molecule has 0 aromatic heterocycles. The van der Waals surface area contributed by atoms with Crippen LogP contribution >= 0.6 is 0 Å². The number of carbonyl (C=O) groups excluding carboxylic acids is 1. The molecule has 2 saturated heterocycles. The predicted molar refractivity (Wildman–Crippen MR) is 121 cm³/mol. The molecule has 0 radical (unpaired) electrons. The number of nitrogens with zero attached hydrogens (tertiary/aromatic N) is 1. The molecular formula is C25H33N3O2. The molecule has 0 saturated carbocycles. The largest absolute Gasteiger partial charge is 0.492 e. The highest BCUT2D eigenvalue weighted by atomic mass is 16.5. The van der Waals surface area contributed by atoms with Gasteiger partial charge in [0.1, 0.15) is 5.75 Å². The van der Waals surface area contributed by atoms with E-state index < -0.39 is 0 Å². The van der Waals surface area contributed by atoms with Crippen molar-refractivity contribution in [3.05, 3.63) is 60.2 Å². The highest BCUT2D eigenvalue weighted by Crippen LogP contribution is 2.34. The molecule has 2 fully saturated rings. The maximum Gasteiger partial charge on any atom is 0.319 e. The second kappa shape index (κ2) is 9.98. The van der Waals surface area contributed by atoms with Crippen molar-refractivity contribution in [2.75, 3.05) is 18.5 Å². The number of piperidine rings is 2. The molecule has 30 heavy (non-hydrogen) atoms. The van der Waals surface area contributed by atoms with Crippen molar-refractivity contribution in [2.24, 2.45) is 0 Å². The van der Waals surface area contributed by atoms with Gasteiger partial charge >= 0.3 is 6.03 Å². The van der Waals surface area contributed by atoms with Crippen LogP contribution in [0.2, 0.25) is 0 Å². The Labute approximate surface area is 179 Å². The molecule has 4 rings (SSSR count). The zero-order valence-electron chi connectivity index (χ0n) is 17.8. The van der Waals surface area contributed by atoms with Gasteiger partial charge in [-0.1, -0.05) is 48.9 Å². The zero-order valence-corrected chi connectivity index (χ0v) is 17.8. The smallest absolute Gasteiger partial charge is 0.319 e. The SMILES string of the molecule is CCOc1ccccc1NC(=O)NC1CC2CCCC(C1)N2CCc1ccccc1. The van der Waals surface area contributed by atoms with E-state index in [1.54, 1.807) is 0 Å². The van der Waals surface area contributed by atoms with Crippen LogP contribution in [0.3, 0.4) is 0 Å². The lowest BCUT2D eigenvalue weighted by molar-refractivity contribution is 0.0280. The van der Waals surface area contributed by atoms with E-state index in [0.717, 1.165) is 31.5 Å². The molecule has 2 amide bonds. The van der Waals surface area contributed by atoms with Crippen LogP contribution in [0.25, 0.3) is 0 Å². The first-order chi connectivity index (χ1) is 14.7. The van der Waals surface area contributed by atoms with Gasteiger partial charge in [0.25, 0.3) is 0 Å². The van der Waals surface area contributed by atoms with Crippen molar-refractivity contribution in [3.63, 3.8) is 0 Å². The Morgan fingerprint density at radius 1 is 1.03 bits per heavy atom. The van der Waals surface area contributed by atoms with E-state index in [0.29, 0.717) is 24.4 Å². The minimum atomic E-state index is -0.136. The average Bonchev–Trinajstić information content (AvgIpc) is 2.74. The molecule has 0 spiro atoms. The summed E-state index contributed by atoms with van der Waals surface area (Å²) in [5.74, 6) is 0.711. The highest BCUT2D eigenvalue weighted by Gasteiger charge is 2.38.